The van der Waals surface area contributed by atoms with Crippen LogP contribution in [0.2, 0.25) is 0 Å². The molecule has 174 valence electrons. The number of amides is 1. The first-order chi connectivity index (χ1) is 17.2. The highest BCUT2D eigenvalue weighted by molar-refractivity contribution is 5.95. The summed E-state index contributed by atoms with van der Waals surface area (Å²) in [5.74, 6) is 0.0979. The average molecular weight is 464 g/mol. The van der Waals surface area contributed by atoms with E-state index in [0.717, 1.165) is 28.1 Å². The summed E-state index contributed by atoms with van der Waals surface area (Å²) in [7, 11) is 1.53. The molecule has 3 aromatic carbocycles. The molecule has 0 atom stereocenters. The number of aromatic nitrogens is 4. The highest BCUT2D eigenvalue weighted by atomic mass is 16.5. The number of hydrogen-bond acceptors (Lipinski definition) is 4. The fraction of sp³-hybridized carbons (Fsp3) is 0.107. The normalized spacial score (nSPS) is 10.8. The van der Waals surface area contributed by atoms with Gasteiger partial charge in [0.05, 0.1) is 31.2 Å². The van der Waals surface area contributed by atoms with Crippen LogP contribution in [0.25, 0.3) is 16.9 Å². The molecule has 0 unspecified atom stereocenters. The summed E-state index contributed by atoms with van der Waals surface area (Å²) in [6.07, 6.45) is 3.69. The van der Waals surface area contributed by atoms with Crippen LogP contribution < -0.4 is 10.1 Å². The molecule has 7 nitrogen and oxygen atoms in total. The Bertz CT molecular complexity index is 1410. The Kier molecular flexibility index (Phi) is 6.39. The number of rotatable bonds is 8. The van der Waals surface area contributed by atoms with Crippen LogP contribution in [0.5, 0.6) is 5.75 Å². The van der Waals surface area contributed by atoms with Crippen LogP contribution >= 0.6 is 0 Å². The lowest BCUT2D eigenvalue weighted by atomic mass is 10.1. The second-order valence-electron chi connectivity index (χ2n) is 8.06. The molecule has 5 rings (SSSR count). The fourth-order valence-electron chi connectivity index (χ4n) is 3.92. The van der Waals surface area contributed by atoms with Crippen LogP contribution in [0, 0.1) is 0 Å². The maximum absolute atomic E-state index is 13.1. The SMILES string of the molecule is COc1cn(-c2ccccc2)nc1C(=O)NCc1cn(Cc2ccccc2)nc1-c1ccccc1. The molecule has 0 bridgehead atoms. The summed E-state index contributed by atoms with van der Waals surface area (Å²) >= 11 is 0. The van der Waals surface area contributed by atoms with E-state index in [-0.39, 0.29) is 11.6 Å². The second-order valence-corrected chi connectivity index (χ2v) is 8.06. The van der Waals surface area contributed by atoms with Gasteiger partial charge in [-0.2, -0.15) is 10.2 Å². The Morgan fingerprint density at radius 3 is 2.20 bits per heavy atom. The van der Waals surface area contributed by atoms with E-state index in [1.807, 2.05) is 89.7 Å². The van der Waals surface area contributed by atoms with Crippen molar-refractivity contribution < 1.29 is 9.53 Å². The van der Waals surface area contributed by atoms with Crippen molar-refractivity contribution in [2.45, 2.75) is 13.1 Å². The van der Waals surface area contributed by atoms with Gasteiger partial charge in [0.1, 0.15) is 0 Å². The van der Waals surface area contributed by atoms with Gasteiger partial charge in [-0.1, -0.05) is 78.9 Å². The predicted octanol–water partition coefficient (Wildman–Crippen LogP) is 4.72. The second kappa shape index (κ2) is 10.1. The number of ether oxygens (including phenoxy) is 1. The third kappa shape index (κ3) is 4.99. The van der Waals surface area contributed by atoms with Crippen LogP contribution in [0.3, 0.4) is 0 Å². The molecule has 2 heterocycles. The van der Waals surface area contributed by atoms with Gasteiger partial charge < -0.3 is 10.1 Å². The van der Waals surface area contributed by atoms with Crippen molar-refractivity contribution in [2.24, 2.45) is 0 Å². The number of benzene rings is 3. The van der Waals surface area contributed by atoms with Crippen molar-refractivity contribution in [3.63, 3.8) is 0 Å². The molecule has 7 heteroatoms. The number of hydrogen-bond donors (Lipinski definition) is 1. The van der Waals surface area contributed by atoms with Gasteiger partial charge in [-0.15, -0.1) is 0 Å². The number of nitrogens with one attached hydrogen (secondary N) is 1. The monoisotopic (exact) mass is 463 g/mol. The Morgan fingerprint density at radius 2 is 1.51 bits per heavy atom. The van der Waals surface area contributed by atoms with Crippen molar-refractivity contribution in [1.29, 1.82) is 0 Å². The highest BCUT2D eigenvalue weighted by Crippen LogP contribution is 2.23. The fourth-order valence-corrected chi connectivity index (χ4v) is 3.92. The number of nitrogens with zero attached hydrogens (tertiary/aromatic N) is 4. The van der Waals surface area contributed by atoms with E-state index in [4.69, 9.17) is 9.84 Å². The van der Waals surface area contributed by atoms with Gasteiger partial charge in [-0.25, -0.2) is 4.68 Å². The molecule has 0 saturated carbocycles. The summed E-state index contributed by atoms with van der Waals surface area (Å²) in [6.45, 7) is 0.948. The molecule has 0 spiro atoms. The van der Waals surface area contributed by atoms with Gasteiger partial charge in [-0.3, -0.25) is 9.48 Å². The van der Waals surface area contributed by atoms with Gasteiger partial charge in [0.2, 0.25) is 0 Å². The molecule has 2 aromatic heterocycles. The predicted molar refractivity (Wildman–Crippen MR) is 134 cm³/mol. The van der Waals surface area contributed by atoms with Crippen LogP contribution in [-0.2, 0) is 13.1 Å². The lowest BCUT2D eigenvalue weighted by Gasteiger charge is -2.05. The number of methoxy groups -OCH3 is 1. The first kappa shape index (κ1) is 22.2. The Morgan fingerprint density at radius 1 is 0.857 bits per heavy atom. The molecule has 0 saturated heterocycles. The van der Waals surface area contributed by atoms with Crippen LogP contribution in [0.1, 0.15) is 21.6 Å². The average Bonchev–Trinajstić information content (AvgIpc) is 3.53. The first-order valence-corrected chi connectivity index (χ1v) is 11.3. The van der Waals surface area contributed by atoms with Crippen molar-refractivity contribution >= 4 is 5.91 Å². The lowest BCUT2D eigenvalue weighted by molar-refractivity contribution is 0.0942. The lowest BCUT2D eigenvalue weighted by Crippen LogP contribution is -2.24. The molecule has 0 aliphatic rings. The van der Waals surface area contributed by atoms with Gasteiger partial charge >= 0.3 is 0 Å². The molecule has 5 aromatic rings. The summed E-state index contributed by atoms with van der Waals surface area (Å²) in [5, 5.41) is 12.3. The minimum absolute atomic E-state index is 0.231. The highest BCUT2D eigenvalue weighted by Gasteiger charge is 2.20. The molecule has 0 aliphatic carbocycles. The molecule has 0 radical (unpaired) electrons. The summed E-state index contributed by atoms with van der Waals surface area (Å²) in [6, 6.07) is 29.7. The van der Waals surface area contributed by atoms with Gasteiger partial charge in [0, 0.05) is 23.9 Å². The summed E-state index contributed by atoms with van der Waals surface area (Å²) in [5.41, 5.74) is 4.98. The Labute approximate surface area is 203 Å². The zero-order valence-corrected chi connectivity index (χ0v) is 19.3. The van der Waals surface area contributed by atoms with E-state index in [9.17, 15) is 4.79 Å². The third-order valence-corrected chi connectivity index (χ3v) is 5.65. The first-order valence-electron chi connectivity index (χ1n) is 11.3. The van der Waals surface area contributed by atoms with Crippen LogP contribution in [0.15, 0.2) is 103 Å². The van der Waals surface area contributed by atoms with Crippen LogP contribution in [0.4, 0.5) is 0 Å². The van der Waals surface area contributed by atoms with Crippen molar-refractivity contribution in [2.75, 3.05) is 7.11 Å². The topological polar surface area (TPSA) is 74.0 Å². The molecule has 0 aliphatic heterocycles. The largest absolute Gasteiger partial charge is 0.493 e. The molecule has 0 fully saturated rings. The molecule has 1 N–H and O–H groups in total. The van der Waals surface area contributed by atoms with Crippen molar-refractivity contribution in [1.82, 2.24) is 24.9 Å². The molecular weight excluding hydrogens is 438 g/mol. The number of para-hydroxylation sites is 1. The van der Waals surface area contributed by atoms with E-state index in [2.05, 4.69) is 22.5 Å². The van der Waals surface area contributed by atoms with Gasteiger partial charge in [0.25, 0.3) is 5.91 Å². The Balaban J connectivity index is 1.39. The van der Waals surface area contributed by atoms with Crippen LogP contribution in [-0.4, -0.2) is 32.6 Å². The van der Waals surface area contributed by atoms with Crippen molar-refractivity contribution in [3.8, 4) is 22.7 Å². The maximum atomic E-state index is 13.1. The van der Waals surface area contributed by atoms with E-state index in [1.54, 1.807) is 10.9 Å². The minimum Gasteiger partial charge on any atom is -0.493 e. The summed E-state index contributed by atoms with van der Waals surface area (Å²) < 4.78 is 8.97. The maximum Gasteiger partial charge on any atom is 0.275 e. The van der Waals surface area contributed by atoms with Crippen molar-refractivity contribution in [3.05, 3.63) is 120 Å². The quantitative estimate of drug-likeness (QED) is 0.361. The zero-order chi connectivity index (χ0) is 24.0. The van der Waals surface area contributed by atoms with Gasteiger partial charge in [0.15, 0.2) is 11.4 Å². The molecule has 35 heavy (non-hydrogen) atoms. The molecular formula is C28H25N5O2. The number of carbonyl (C=O) groups is 1. The molecule has 1 amide bonds. The minimum atomic E-state index is -0.314. The third-order valence-electron chi connectivity index (χ3n) is 5.65. The smallest absolute Gasteiger partial charge is 0.275 e. The van der Waals surface area contributed by atoms with E-state index < -0.39 is 0 Å². The van der Waals surface area contributed by atoms with E-state index in [1.165, 1.54) is 7.11 Å². The van der Waals surface area contributed by atoms with Gasteiger partial charge in [-0.05, 0) is 17.7 Å². The van der Waals surface area contributed by atoms with E-state index in [0.29, 0.717) is 18.8 Å². The Hall–Kier alpha value is -4.65. The number of carbonyl (C=O) groups excluding carboxylic acids is 1. The summed E-state index contributed by atoms with van der Waals surface area (Å²) in [4.78, 5) is 13.1. The van der Waals surface area contributed by atoms with E-state index >= 15 is 0 Å². The zero-order valence-electron chi connectivity index (χ0n) is 19.3. The standard InChI is InChI=1S/C28H25N5O2/c1-35-25-20-33(24-15-9-4-10-16-24)31-27(25)28(34)29-17-23-19-32(18-21-11-5-2-6-12-21)30-26(23)22-13-7-3-8-14-22/h2-16,19-20H,17-18H2,1H3,(H,29,34).